The maximum Gasteiger partial charge on any atom is 0.302 e. The molecule has 2 N–H and O–H groups in total. The fraction of sp³-hybridized carbons (Fsp3) is 0.395. The van der Waals surface area contributed by atoms with Crippen LogP contribution in [0.15, 0.2) is 66.7 Å². The summed E-state index contributed by atoms with van der Waals surface area (Å²) in [5.41, 5.74) is 4.35. The second-order valence-corrected chi connectivity index (χ2v) is 13.2. The molecule has 0 radical (unpaired) electrons. The topological polar surface area (TPSA) is 125 Å². The number of hydrogen-bond acceptors (Lipinski definition) is 7. The van der Waals surface area contributed by atoms with Crippen LogP contribution in [0.2, 0.25) is 10.0 Å². The number of esters is 1. The molecule has 0 spiro atoms. The summed E-state index contributed by atoms with van der Waals surface area (Å²) in [6.07, 6.45) is 3.91. The number of nitrogens with zero attached hydrogens (tertiary/aromatic N) is 2. The first-order chi connectivity index (χ1) is 24.0. The van der Waals surface area contributed by atoms with E-state index in [1.54, 1.807) is 31.2 Å². The van der Waals surface area contributed by atoms with Crippen LogP contribution in [0.5, 0.6) is 0 Å². The zero-order chi connectivity index (χ0) is 36.0. The fourth-order valence-corrected chi connectivity index (χ4v) is 6.42. The fourth-order valence-electron chi connectivity index (χ4n) is 6.00. The number of benzene rings is 3. The molecular formula is C38H44Cl2N4O6. The molecule has 2 aliphatic heterocycles. The summed E-state index contributed by atoms with van der Waals surface area (Å²) in [5.74, 6) is -0.503. The van der Waals surface area contributed by atoms with Crippen molar-refractivity contribution in [3.63, 3.8) is 0 Å². The van der Waals surface area contributed by atoms with E-state index in [-0.39, 0.29) is 42.5 Å². The highest BCUT2D eigenvalue weighted by Crippen LogP contribution is 2.31. The van der Waals surface area contributed by atoms with Crippen molar-refractivity contribution in [2.24, 2.45) is 0 Å². The third-order valence-electron chi connectivity index (χ3n) is 8.91. The lowest BCUT2D eigenvalue weighted by molar-refractivity contribution is -0.148. The second kappa shape index (κ2) is 19.2. The second-order valence-electron chi connectivity index (χ2n) is 12.4. The molecule has 0 saturated carbocycles. The van der Waals surface area contributed by atoms with Gasteiger partial charge in [-0.25, -0.2) is 0 Å². The number of carbonyl (C=O) groups is 5. The molecule has 0 aliphatic carbocycles. The van der Waals surface area contributed by atoms with Crippen molar-refractivity contribution in [2.75, 3.05) is 31.5 Å². The Hall–Kier alpha value is -4.25. The largest absolute Gasteiger partial charge is 0.462 e. The number of fused-ring (bicyclic) bond motifs is 1. The Morgan fingerprint density at radius 1 is 0.920 bits per heavy atom. The first-order valence-electron chi connectivity index (χ1n) is 16.8. The quantitative estimate of drug-likeness (QED) is 0.133. The first kappa shape index (κ1) is 38.6. The number of anilines is 1. The Bertz CT molecular complexity index is 1650. The van der Waals surface area contributed by atoms with E-state index in [1.165, 1.54) is 18.1 Å². The summed E-state index contributed by atoms with van der Waals surface area (Å²) < 4.78 is 5.23. The van der Waals surface area contributed by atoms with E-state index in [0.29, 0.717) is 52.8 Å². The summed E-state index contributed by atoms with van der Waals surface area (Å²) in [4.78, 5) is 63.0. The van der Waals surface area contributed by atoms with Gasteiger partial charge in [-0.2, -0.15) is 0 Å². The maximum absolute atomic E-state index is 12.6. The van der Waals surface area contributed by atoms with Gasteiger partial charge < -0.3 is 25.2 Å². The van der Waals surface area contributed by atoms with Crippen LogP contribution in [-0.2, 0) is 36.9 Å². The number of ketones is 1. The lowest BCUT2D eigenvalue weighted by Gasteiger charge is -2.32. The Morgan fingerprint density at radius 3 is 2.28 bits per heavy atom. The van der Waals surface area contributed by atoms with E-state index < -0.39 is 6.04 Å². The molecular weight excluding hydrogens is 679 g/mol. The van der Waals surface area contributed by atoms with Gasteiger partial charge in [0.15, 0.2) is 5.78 Å². The minimum Gasteiger partial charge on any atom is -0.462 e. The van der Waals surface area contributed by atoms with Crippen molar-refractivity contribution in [3.05, 3.63) is 99.0 Å². The number of halogens is 2. The van der Waals surface area contributed by atoms with Gasteiger partial charge in [0.1, 0.15) is 12.1 Å². The third kappa shape index (κ3) is 11.4. The number of piperidine rings is 1. The van der Waals surface area contributed by atoms with Crippen LogP contribution in [-0.4, -0.2) is 78.1 Å². The van der Waals surface area contributed by atoms with Gasteiger partial charge in [-0.1, -0.05) is 77.8 Å². The smallest absolute Gasteiger partial charge is 0.302 e. The molecule has 0 aromatic heterocycles. The summed E-state index contributed by atoms with van der Waals surface area (Å²) in [7, 11) is 0. The number of ether oxygens (including phenoxy) is 1. The molecule has 1 unspecified atom stereocenters. The van der Waals surface area contributed by atoms with Crippen LogP contribution in [0.25, 0.3) is 0 Å². The number of likely N-dealkylation sites (tertiary alicyclic amines) is 1. The van der Waals surface area contributed by atoms with Gasteiger partial charge >= 0.3 is 5.97 Å². The third-order valence-corrected chi connectivity index (χ3v) is 9.81. The van der Waals surface area contributed by atoms with Crippen LogP contribution in [0, 0.1) is 6.92 Å². The van der Waals surface area contributed by atoms with Gasteiger partial charge in [-0.15, -0.1) is 0 Å². The van der Waals surface area contributed by atoms with Crippen molar-refractivity contribution in [1.29, 1.82) is 0 Å². The molecule has 5 rings (SSSR count). The molecule has 3 aromatic carbocycles. The highest BCUT2D eigenvalue weighted by atomic mass is 35.5. The van der Waals surface area contributed by atoms with Crippen molar-refractivity contribution >= 4 is 58.9 Å². The van der Waals surface area contributed by atoms with Gasteiger partial charge in [0.05, 0.1) is 10.7 Å². The average Bonchev–Trinajstić information content (AvgIpc) is 3.13. The molecule has 12 heteroatoms. The van der Waals surface area contributed by atoms with Gasteiger partial charge in [0.25, 0.3) is 0 Å². The predicted octanol–water partition coefficient (Wildman–Crippen LogP) is 6.01. The molecule has 0 bridgehead atoms. The van der Waals surface area contributed by atoms with E-state index >= 15 is 0 Å². The van der Waals surface area contributed by atoms with E-state index in [9.17, 15) is 24.0 Å². The monoisotopic (exact) mass is 722 g/mol. The Labute approximate surface area is 303 Å². The molecule has 1 fully saturated rings. The molecule has 3 aromatic rings. The van der Waals surface area contributed by atoms with Crippen molar-refractivity contribution in [1.82, 2.24) is 15.1 Å². The van der Waals surface area contributed by atoms with E-state index in [2.05, 4.69) is 27.7 Å². The molecule has 2 heterocycles. The lowest BCUT2D eigenvalue weighted by atomic mass is 9.99. The highest BCUT2D eigenvalue weighted by molar-refractivity contribution is 6.38. The Morgan fingerprint density at radius 2 is 1.60 bits per heavy atom. The predicted molar refractivity (Wildman–Crippen MR) is 194 cm³/mol. The summed E-state index contributed by atoms with van der Waals surface area (Å²) >= 11 is 12.3. The molecule has 3 amide bonds. The summed E-state index contributed by atoms with van der Waals surface area (Å²) in [6.45, 7) is 6.77. The number of rotatable bonds is 12. The Balaban J connectivity index is 0.000000231. The van der Waals surface area contributed by atoms with Crippen LogP contribution in [0.4, 0.5) is 5.69 Å². The minimum absolute atomic E-state index is 0.0337. The number of hydrogen-bond donors (Lipinski definition) is 2. The van der Waals surface area contributed by atoms with Gasteiger partial charge in [0, 0.05) is 63.1 Å². The standard InChI is InChI=1S/C19H25Cl2N3O4.C19H19NO2/c1-12-15(20)3-4-16(18(12)21)23-19(27)17(22-11-25)7-10-24-8-5-14(6-9-24)28-13(2)26;21-18(16-7-2-1-3-8-16)10-11-19(22)20-13-12-15-6-4-5-9-17(15)14-20/h3-4,11,14,17H,5-10H2,1-2H3,(H,22,25)(H,23,27);1-9H,10-14H2. The van der Waals surface area contributed by atoms with E-state index in [1.807, 2.05) is 35.2 Å². The highest BCUT2D eigenvalue weighted by Gasteiger charge is 2.25. The Kier molecular flexibility index (Phi) is 14.8. The summed E-state index contributed by atoms with van der Waals surface area (Å²) in [5, 5.41) is 6.21. The van der Waals surface area contributed by atoms with Gasteiger partial charge in [-0.3, -0.25) is 24.0 Å². The van der Waals surface area contributed by atoms with Crippen LogP contribution in [0.3, 0.4) is 0 Å². The zero-order valence-corrected chi connectivity index (χ0v) is 30.0. The number of Topliss-reactive ketones (excluding diaryl/α,β-unsaturated/α-hetero) is 1. The van der Waals surface area contributed by atoms with E-state index in [4.69, 9.17) is 27.9 Å². The van der Waals surface area contributed by atoms with Crippen LogP contribution >= 0.6 is 23.2 Å². The molecule has 1 saturated heterocycles. The van der Waals surface area contributed by atoms with Crippen LogP contribution in [0.1, 0.15) is 66.1 Å². The van der Waals surface area contributed by atoms with Gasteiger partial charge in [-0.05, 0) is 61.4 Å². The van der Waals surface area contributed by atoms with Crippen LogP contribution < -0.4 is 10.6 Å². The minimum atomic E-state index is -0.684. The molecule has 1 atom stereocenters. The van der Waals surface area contributed by atoms with Crippen molar-refractivity contribution < 1.29 is 28.7 Å². The summed E-state index contributed by atoms with van der Waals surface area (Å²) in [6, 6.07) is 20.0. The molecule has 50 heavy (non-hydrogen) atoms. The SMILES string of the molecule is CC(=O)OC1CCN(CCC(NC=O)C(=O)Nc2ccc(Cl)c(C)c2Cl)CC1.O=C(CCC(=O)N1CCc2ccccc2C1)c1ccccc1. The van der Waals surface area contributed by atoms with E-state index in [0.717, 1.165) is 38.9 Å². The zero-order valence-electron chi connectivity index (χ0n) is 28.5. The molecule has 266 valence electrons. The normalized spacial score (nSPS) is 15.1. The molecule has 2 aliphatic rings. The average molecular weight is 724 g/mol. The molecule has 10 nitrogen and oxygen atoms in total. The van der Waals surface area contributed by atoms with Crippen molar-refractivity contribution in [3.8, 4) is 0 Å². The maximum atomic E-state index is 12.6. The number of nitrogens with one attached hydrogen (secondary N) is 2. The van der Waals surface area contributed by atoms with Crippen molar-refractivity contribution in [2.45, 2.75) is 71.1 Å². The number of amides is 3. The number of carbonyl (C=O) groups excluding carboxylic acids is 5. The van der Waals surface area contributed by atoms with Gasteiger partial charge in [0.2, 0.25) is 18.2 Å². The first-order valence-corrected chi connectivity index (χ1v) is 17.6. The lowest BCUT2D eigenvalue weighted by Crippen LogP contribution is -2.44.